The van der Waals surface area contributed by atoms with Crippen LogP contribution < -0.4 is 10.6 Å². The van der Waals surface area contributed by atoms with Crippen molar-refractivity contribution < 1.29 is 17.6 Å². The number of benzene rings is 1. The molecule has 0 spiro atoms. The summed E-state index contributed by atoms with van der Waals surface area (Å²) in [5.74, 6) is -1.21. The van der Waals surface area contributed by atoms with Crippen molar-refractivity contribution in [3.8, 4) is 0 Å². The van der Waals surface area contributed by atoms with E-state index < -0.39 is 17.6 Å². The molecule has 2 N–H and O–H groups in total. The Morgan fingerprint density at radius 2 is 1.89 bits per heavy atom. The van der Waals surface area contributed by atoms with Crippen molar-refractivity contribution in [3.05, 3.63) is 35.1 Å². The van der Waals surface area contributed by atoms with Crippen LogP contribution in [0.25, 0.3) is 0 Å². The van der Waals surface area contributed by atoms with Crippen LogP contribution in [0.5, 0.6) is 0 Å². The Kier molecular flexibility index (Phi) is 4.42. The zero-order valence-electron chi connectivity index (χ0n) is 10.4. The summed E-state index contributed by atoms with van der Waals surface area (Å²) in [4.78, 5) is 0. The van der Waals surface area contributed by atoms with E-state index in [2.05, 4.69) is 10.6 Å². The van der Waals surface area contributed by atoms with Gasteiger partial charge in [0.25, 0.3) is 0 Å². The molecule has 1 heterocycles. The smallest absolute Gasteiger partial charge is 0.317 e. The molecule has 106 valence electrons. The second kappa shape index (κ2) is 5.88. The minimum Gasteiger partial charge on any atom is -0.317 e. The fourth-order valence-electron chi connectivity index (χ4n) is 2.31. The third-order valence-electron chi connectivity index (χ3n) is 3.30. The van der Waals surface area contributed by atoms with Crippen molar-refractivity contribution in [1.82, 2.24) is 10.6 Å². The molecule has 1 saturated heterocycles. The molecule has 0 atom stereocenters. The predicted octanol–water partition coefficient (Wildman–Crippen LogP) is 2.69. The lowest BCUT2D eigenvalue weighted by atomic mass is 10.0. The molecule has 0 aliphatic carbocycles. The number of hydrogen-bond donors (Lipinski definition) is 2. The van der Waals surface area contributed by atoms with Crippen LogP contribution in [0.3, 0.4) is 0 Å². The number of alkyl halides is 3. The first-order chi connectivity index (χ1) is 8.98. The van der Waals surface area contributed by atoms with Crippen LogP contribution in [0.15, 0.2) is 18.2 Å². The molecule has 0 aromatic heterocycles. The van der Waals surface area contributed by atoms with Crippen molar-refractivity contribution in [1.29, 1.82) is 0 Å². The van der Waals surface area contributed by atoms with Crippen LogP contribution in [0.1, 0.15) is 24.0 Å². The summed E-state index contributed by atoms with van der Waals surface area (Å²) in [7, 11) is 0. The molecule has 0 bridgehead atoms. The zero-order valence-corrected chi connectivity index (χ0v) is 10.4. The van der Waals surface area contributed by atoms with Crippen LogP contribution in [0.2, 0.25) is 0 Å². The Hall–Kier alpha value is -1.14. The van der Waals surface area contributed by atoms with E-state index in [9.17, 15) is 17.6 Å². The molecule has 1 aliphatic rings. The molecule has 6 heteroatoms. The molecule has 1 aromatic rings. The van der Waals surface area contributed by atoms with Crippen LogP contribution >= 0.6 is 0 Å². The molecule has 2 rings (SSSR count). The van der Waals surface area contributed by atoms with E-state index in [-0.39, 0.29) is 18.2 Å². The summed E-state index contributed by atoms with van der Waals surface area (Å²) in [5, 5.41) is 6.25. The summed E-state index contributed by atoms with van der Waals surface area (Å²) >= 11 is 0. The SMILES string of the molecule is Fc1cccc(CNC2CCNCC2)c1C(F)(F)F. The average molecular weight is 276 g/mol. The molecule has 19 heavy (non-hydrogen) atoms. The van der Waals surface area contributed by atoms with Crippen molar-refractivity contribution in [2.75, 3.05) is 13.1 Å². The minimum absolute atomic E-state index is 0.0361. The highest BCUT2D eigenvalue weighted by Crippen LogP contribution is 2.34. The quantitative estimate of drug-likeness (QED) is 0.829. The summed E-state index contributed by atoms with van der Waals surface area (Å²) in [6, 6.07) is 3.66. The molecular weight excluding hydrogens is 260 g/mol. The minimum atomic E-state index is -4.66. The van der Waals surface area contributed by atoms with Crippen molar-refractivity contribution in [2.24, 2.45) is 0 Å². The maximum absolute atomic E-state index is 13.4. The van der Waals surface area contributed by atoms with E-state index >= 15 is 0 Å². The van der Waals surface area contributed by atoms with Crippen molar-refractivity contribution in [3.63, 3.8) is 0 Å². The van der Waals surface area contributed by atoms with E-state index in [0.717, 1.165) is 32.0 Å². The zero-order chi connectivity index (χ0) is 13.9. The van der Waals surface area contributed by atoms with Gasteiger partial charge in [0.2, 0.25) is 0 Å². The van der Waals surface area contributed by atoms with Gasteiger partial charge in [-0.2, -0.15) is 13.2 Å². The highest BCUT2D eigenvalue weighted by molar-refractivity contribution is 5.31. The molecule has 1 aliphatic heterocycles. The molecule has 1 aromatic carbocycles. The molecular formula is C13H16F4N2. The maximum Gasteiger partial charge on any atom is 0.419 e. The van der Waals surface area contributed by atoms with Gasteiger partial charge in [-0.3, -0.25) is 0 Å². The number of rotatable bonds is 3. The topological polar surface area (TPSA) is 24.1 Å². The van der Waals surface area contributed by atoms with Gasteiger partial charge in [-0.1, -0.05) is 12.1 Å². The highest BCUT2D eigenvalue weighted by atomic mass is 19.4. The normalized spacial score (nSPS) is 17.7. The summed E-state index contributed by atoms with van der Waals surface area (Å²) in [6.45, 7) is 1.75. The van der Waals surface area contributed by atoms with Gasteiger partial charge in [-0.05, 0) is 37.6 Å². The van der Waals surface area contributed by atoms with Crippen LogP contribution in [-0.2, 0) is 12.7 Å². The van der Waals surface area contributed by atoms with Gasteiger partial charge < -0.3 is 10.6 Å². The fourth-order valence-corrected chi connectivity index (χ4v) is 2.31. The fraction of sp³-hybridized carbons (Fsp3) is 0.538. The first kappa shape index (κ1) is 14.3. The van der Waals surface area contributed by atoms with Gasteiger partial charge in [0, 0.05) is 12.6 Å². The molecule has 0 saturated carbocycles. The largest absolute Gasteiger partial charge is 0.419 e. The van der Waals surface area contributed by atoms with Crippen molar-refractivity contribution >= 4 is 0 Å². The lowest BCUT2D eigenvalue weighted by Crippen LogP contribution is -2.39. The van der Waals surface area contributed by atoms with Crippen molar-refractivity contribution in [2.45, 2.75) is 31.6 Å². The predicted molar refractivity (Wildman–Crippen MR) is 64.1 cm³/mol. The average Bonchev–Trinajstić information content (AvgIpc) is 2.36. The Bertz CT molecular complexity index is 425. The summed E-state index contributed by atoms with van der Waals surface area (Å²) < 4.78 is 51.7. The third kappa shape index (κ3) is 3.67. The first-order valence-electron chi connectivity index (χ1n) is 6.27. The van der Waals surface area contributed by atoms with Gasteiger partial charge in [-0.25, -0.2) is 4.39 Å². The van der Waals surface area contributed by atoms with E-state index in [1.54, 1.807) is 0 Å². The van der Waals surface area contributed by atoms with E-state index in [1.165, 1.54) is 12.1 Å². The third-order valence-corrected chi connectivity index (χ3v) is 3.30. The Balaban J connectivity index is 2.09. The highest BCUT2D eigenvalue weighted by Gasteiger charge is 2.36. The lowest BCUT2D eigenvalue weighted by Gasteiger charge is -2.24. The van der Waals surface area contributed by atoms with Gasteiger partial charge in [0.15, 0.2) is 0 Å². The maximum atomic E-state index is 13.4. The van der Waals surface area contributed by atoms with E-state index in [0.29, 0.717) is 0 Å². The standard InChI is InChI=1S/C13H16F4N2/c14-11-3-1-2-9(12(11)13(15,16)17)8-19-10-4-6-18-7-5-10/h1-3,10,18-19H,4-8H2. The molecule has 2 nitrogen and oxygen atoms in total. The second-order valence-corrected chi connectivity index (χ2v) is 4.68. The number of hydrogen-bond acceptors (Lipinski definition) is 2. The Labute approximate surface area is 109 Å². The Morgan fingerprint density at radius 3 is 2.53 bits per heavy atom. The number of halogens is 4. The van der Waals surface area contributed by atoms with Crippen LogP contribution in [0.4, 0.5) is 17.6 Å². The first-order valence-corrected chi connectivity index (χ1v) is 6.27. The Morgan fingerprint density at radius 1 is 1.21 bits per heavy atom. The molecule has 0 unspecified atom stereocenters. The van der Waals surface area contributed by atoms with Crippen LogP contribution in [-0.4, -0.2) is 19.1 Å². The lowest BCUT2D eigenvalue weighted by molar-refractivity contribution is -0.140. The second-order valence-electron chi connectivity index (χ2n) is 4.68. The molecule has 0 radical (unpaired) electrons. The van der Waals surface area contributed by atoms with Gasteiger partial charge >= 0.3 is 6.18 Å². The summed E-state index contributed by atoms with van der Waals surface area (Å²) in [6.07, 6.45) is -2.91. The number of piperidine rings is 1. The molecule has 1 fully saturated rings. The van der Waals surface area contributed by atoms with E-state index in [1.807, 2.05) is 0 Å². The van der Waals surface area contributed by atoms with E-state index in [4.69, 9.17) is 0 Å². The molecule has 0 amide bonds. The summed E-state index contributed by atoms with van der Waals surface area (Å²) in [5.41, 5.74) is -1.19. The monoisotopic (exact) mass is 276 g/mol. The number of nitrogens with one attached hydrogen (secondary N) is 2. The van der Waals surface area contributed by atoms with Gasteiger partial charge in [0.05, 0.1) is 5.56 Å². The van der Waals surface area contributed by atoms with Crippen LogP contribution in [0, 0.1) is 5.82 Å². The van der Waals surface area contributed by atoms with Gasteiger partial charge in [0.1, 0.15) is 5.82 Å². The van der Waals surface area contributed by atoms with Gasteiger partial charge in [-0.15, -0.1) is 0 Å².